The summed E-state index contributed by atoms with van der Waals surface area (Å²) in [5, 5.41) is 13.1. The lowest BCUT2D eigenvalue weighted by molar-refractivity contribution is 0.319. The molecule has 112 valence electrons. The number of benzene rings is 1. The van der Waals surface area contributed by atoms with E-state index < -0.39 is 15.8 Å². The fraction of sp³-hybridized carbons (Fsp3) is 0.0909. The third-order valence-electron chi connectivity index (χ3n) is 2.43. The highest BCUT2D eigenvalue weighted by atomic mass is 35.5. The molecule has 0 radical (unpaired) electrons. The highest BCUT2D eigenvalue weighted by molar-refractivity contribution is 7.93. The van der Waals surface area contributed by atoms with Gasteiger partial charge in [0.1, 0.15) is 22.1 Å². The number of rotatable bonds is 4. The summed E-state index contributed by atoms with van der Waals surface area (Å²) in [4.78, 5) is 3.56. The smallest absolute Gasteiger partial charge is 0.265 e. The number of hydrogen-bond donors (Lipinski definition) is 2. The van der Waals surface area contributed by atoms with Crippen LogP contribution in [0.5, 0.6) is 0 Å². The first kappa shape index (κ1) is 15.7. The van der Waals surface area contributed by atoms with Gasteiger partial charge in [-0.2, -0.15) is 0 Å². The molecule has 0 unspecified atom stereocenters. The fourth-order valence-electron chi connectivity index (χ4n) is 1.39. The first-order valence-electron chi connectivity index (χ1n) is 5.46. The van der Waals surface area contributed by atoms with Gasteiger partial charge in [0.05, 0.1) is 5.02 Å². The van der Waals surface area contributed by atoms with Crippen molar-refractivity contribution >= 4 is 43.8 Å². The Kier molecular flexibility index (Phi) is 4.45. The molecule has 21 heavy (non-hydrogen) atoms. The average molecular weight is 350 g/mol. The summed E-state index contributed by atoms with van der Waals surface area (Å²) < 4.78 is 39.7. The molecule has 0 aliphatic heterocycles. The first-order valence-corrected chi connectivity index (χ1v) is 8.20. The van der Waals surface area contributed by atoms with Crippen molar-refractivity contribution in [2.75, 3.05) is 4.72 Å². The number of thiazole rings is 1. The minimum absolute atomic E-state index is 0.0494. The molecule has 2 rings (SSSR count). The Morgan fingerprint density at radius 1 is 1.52 bits per heavy atom. The summed E-state index contributed by atoms with van der Waals surface area (Å²) in [5.41, 5.74) is 0.561. The number of sulfonamides is 1. The van der Waals surface area contributed by atoms with Crippen molar-refractivity contribution in [1.29, 1.82) is 0 Å². The maximum absolute atomic E-state index is 13.2. The third-order valence-corrected chi connectivity index (χ3v) is 5.14. The largest absolute Gasteiger partial charge is 0.411 e. The van der Waals surface area contributed by atoms with Crippen LogP contribution >= 0.6 is 22.9 Å². The number of halogens is 2. The summed E-state index contributed by atoms with van der Waals surface area (Å²) in [5.74, 6) is -0.720. The van der Waals surface area contributed by atoms with Gasteiger partial charge in [-0.1, -0.05) is 16.8 Å². The van der Waals surface area contributed by atoms with Crippen molar-refractivity contribution in [3.05, 3.63) is 40.1 Å². The van der Waals surface area contributed by atoms with Crippen molar-refractivity contribution in [2.45, 2.75) is 11.8 Å². The quantitative estimate of drug-likeness (QED) is 0.504. The zero-order chi connectivity index (χ0) is 15.6. The zero-order valence-corrected chi connectivity index (χ0v) is 12.9. The van der Waals surface area contributed by atoms with Crippen molar-refractivity contribution in [3.8, 4) is 0 Å². The molecule has 2 N–H and O–H groups in total. The number of hydrogen-bond acceptors (Lipinski definition) is 6. The van der Waals surface area contributed by atoms with Crippen molar-refractivity contribution < 1.29 is 18.0 Å². The number of oxime groups is 1. The fourth-order valence-corrected chi connectivity index (χ4v) is 3.91. The number of nitrogens with zero attached hydrogens (tertiary/aromatic N) is 2. The minimum atomic E-state index is -4.06. The molecule has 0 fully saturated rings. The minimum Gasteiger partial charge on any atom is -0.411 e. The molecule has 1 heterocycles. The first-order chi connectivity index (χ1) is 9.83. The summed E-state index contributed by atoms with van der Waals surface area (Å²) in [6.45, 7) is 1.51. The van der Waals surface area contributed by atoms with Gasteiger partial charge >= 0.3 is 0 Å². The van der Waals surface area contributed by atoms with E-state index in [1.165, 1.54) is 12.3 Å². The summed E-state index contributed by atoms with van der Waals surface area (Å²) in [6.07, 6.45) is 0. The van der Waals surface area contributed by atoms with Gasteiger partial charge < -0.3 is 5.21 Å². The van der Waals surface area contributed by atoms with Crippen molar-refractivity contribution in [1.82, 2.24) is 4.98 Å². The molecule has 6 nitrogen and oxygen atoms in total. The molecule has 2 aromatic rings. The van der Waals surface area contributed by atoms with E-state index in [0.717, 1.165) is 29.5 Å². The Balaban J connectivity index is 2.33. The summed E-state index contributed by atoms with van der Waals surface area (Å²) in [6, 6.07) is 3.03. The van der Waals surface area contributed by atoms with Crippen LogP contribution in [0, 0.1) is 5.82 Å². The van der Waals surface area contributed by atoms with E-state index >= 15 is 0 Å². The lowest BCUT2D eigenvalue weighted by atomic mass is 10.3. The summed E-state index contributed by atoms with van der Waals surface area (Å²) in [7, 11) is -4.06. The van der Waals surface area contributed by atoms with E-state index in [1.54, 1.807) is 0 Å². The van der Waals surface area contributed by atoms with Gasteiger partial charge in [-0.05, 0) is 25.1 Å². The van der Waals surface area contributed by atoms with Crippen LogP contribution < -0.4 is 4.72 Å². The van der Waals surface area contributed by atoms with Gasteiger partial charge in [0.25, 0.3) is 10.0 Å². The van der Waals surface area contributed by atoms with Gasteiger partial charge in [0.2, 0.25) is 0 Å². The Hall–Kier alpha value is -1.71. The number of anilines is 1. The van der Waals surface area contributed by atoms with Crippen LogP contribution in [0.3, 0.4) is 0 Å². The molecular weight excluding hydrogens is 341 g/mol. The molecule has 10 heteroatoms. The second-order valence-corrected chi connectivity index (χ2v) is 6.82. The molecule has 0 spiro atoms. The van der Waals surface area contributed by atoms with E-state index in [9.17, 15) is 12.8 Å². The molecule has 1 aromatic heterocycles. The molecule has 0 saturated heterocycles. The second kappa shape index (κ2) is 5.96. The van der Waals surface area contributed by atoms with Crippen LogP contribution in [-0.4, -0.2) is 24.3 Å². The highest BCUT2D eigenvalue weighted by Gasteiger charge is 2.20. The van der Waals surface area contributed by atoms with Crippen LogP contribution in [0.15, 0.2) is 33.6 Å². The standard InChI is InChI=1S/C11H9ClFN3O3S2/c1-6(15-17)9-5-20-11(14-9)16-21(18,19)10-4-7(13)2-3-8(10)12/h2-5,17H,1H3,(H,14,16)/b15-6-. The predicted molar refractivity (Wildman–Crippen MR) is 78.3 cm³/mol. The van der Waals surface area contributed by atoms with Gasteiger partial charge in [-0.25, -0.2) is 17.8 Å². The molecule has 0 bridgehead atoms. The topological polar surface area (TPSA) is 91.7 Å². The van der Waals surface area contributed by atoms with E-state index in [4.69, 9.17) is 16.8 Å². The van der Waals surface area contributed by atoms with Crippen LogP contribution in [0.4, 0.5) is 9.52 Å². The van der Waals surface area contributed by atoms with Crippen molar-refractivity contribution in [3.63, 3.8) is 0 Å². The molecular formula is C11H9ClFN3O3S2. The maximum Gasteiger partial charge on any atom is 0.265 e. The van der Waals surface area contributed by atoms with Crippen molar-refractivity contribution in [2.24, 2.45) is 5.16 Å². The normalized spacial score (nSPS) is 12.4. The van der Waals surface area contributed by atoms with Gasteiger partial charge in [-0.3, -0.25) is 4.72 Å². The highest BCUT2D eigenvalue weighted by Crippen LogP contribution is 2.26. The predicted octanol–water partition coefficient (Wildman–Crippen LogP) is 2.93. The lowest BCUT2D eigenvalue weighted by Gasteiger charge is -2.07. The van der Waals surface area contributed by atoms with E-state index in [2.05, 4.69) is 14.9 Å². The van der Waals surface area contributed by atoms with Gasteiger partial charge in [0.15, 0.2) is 5.13 Å². The molecule has 0 saturated carbocycles. The van der Waals surface area contributed by atoms with Crippen LogP contribution in [0.2, 0.25) is 5.02 Å². The molecule has 0 aliphatic rings. The third kappa shape index (κ3) is 3.49. The van der Waals surface area contributed by atoms with Gasteiger partial charge in [-0.15, -0.1) is 11.3 Å². The zero-order valence-electron chi connectivity index (χ0n) is 10.5. The molecule has 1 aromatic carbocycles. The average Bonchev–Trinajstić information content (AvgIpc) is 2.88. The van der Waals surface area contributed by atoms with E-state index in [-0.39, 0.29) is 20.8 Å². The molecule has 0 atom stereocenters. The number of nitrogens with one attached hydrogen (secondary N) is 1. The Bertz CT molecular complexity index is 805. The Labute approximate surface area is 129 Å². The van der Waals surface area contributed by atoms with Crippen LogP contribution in [0.1, 0.15) is 12.6 Å². The second-order valence-electron chi connectivity index (χ2n) is 3.90. The number of aromatic nitrogens is 1. The van der Waals surface area contributed by atoms with E-state index in [0.29, 0.717) is 5.69 Å². The molecule has 0 aliphatic carbocycles. The van der Waals surface area contributed by atoms with Crippen LogP contribution in [-0.2, 0) is 10.0 Å². The maximum atomic E-state index is 13.2. The monoisotopic (exact) mass is 349 g/mol. The Morgan fingerprint density at radius 2 is 2.24 bits per heavy atom. The van der Waals surface area contributed by atoms with Gasteiger partial charge in [0, 0.05) is 5.38 Å². The lowest BCUT2D eigenvalue weighted by Crippen LogP contribution is -2.13. The Morgan fingerprint density at radius 3 is 2.90 bits per heavy atom. The van der Waals surface area contributed by atoms with E-state index in [1.807, 2.05) is 0 Å². The molecule has 0 amide bonds. The SMILES string of the molecule is C/C(=N/O)c1csc(NS(=O)(=O)c2cc(F)ccc2Cl)n1. The van der Waals surface area contributed by atoms with Crippen LogP contribution in [0.25, 0.3) is 0 Å². The summed E-state index contributed by atoms with van der Waals surface area (Å²) >= 11 is 6.76.